The standard InChI is InChI=1S/C12H21N3/c1-10(2)15-9-12(6-7-14(4)5)13-8-11(15)3/h8-10H,3,6-7H2,1-2,4-5H3. The molecule has 0 atom stereocenters. The van der Waals surface area contributed by atoms with Gasteiger partial charge in [-0.3, -0.25) is 4.99 Å². The largest absolute Gasteiger partial charge is 0.343 e. The number of rotatable bonds is 4. The fraction of sp³-hybridized carbons (Fsp3) is 0.583. The molecule has 3 nitrogen and oxygen atoms in total. The monoisotopic (exact) mass is 207 g/mol. The van der Waals surface area contributed by atoms with E-state index >= 15 is 0 Å². The molecule has 0 unspecified atom stereocenters. The third-order valence-electron chi connectivity index (χ3n) is 2.37. The van der Waals surface area contributed by atoms with Crippen LogP contribution in [0.25, 0.3) is 0 Å². The van der Waals surface area contributed by atoms with E-state index in [0.717, 1.165) is 24.4 Å². The SMILES string of the molecule is C=C1C=NC(CCN(C)C)=CN1C(C)C. The molecule has 0 saturated heterocycles. The van der Waals surface area contributed by atoms with Crippen LogP contribution in [0.5, 0.6) is 0 Å². The Labute approximate surface area is 92.8 Å². The molecule has 0 saturated carbocycles. The van der Waals surface area contributed by atoms with Crippen molar-refractivity contribution in [3.8, 4) is 0 Å². The first kappa shape index (κ1) is 12.0. The van der Waals surface area contributed by atoms with Crippen molar-refractivity contribution in [1.29, 1.82) is 0 Å². The Morgan fingerprint density at radius 1 is 1.47 bits per heavy atom. The summed E-state index contributed by atoms with van der Waals surface area (Å²) in [4.78, 5) is 8.71. The van der Waals surface area contributed by atoms with Gasteiger partial charge in [0.1, 0.15) is 0 Å². The van der Waals surface area contributed by atoms with Crippen LogP contribution in [-0.4, -0.2) is 42.7 Å². The van der Waals surface area contributed by atoms with Gasteiger partial charge in [0.15, 0.2) is 0 Å². The Morgan fingerprint density at radius 2 is 2.13 bits per heavy atom. The smallest absolute Gasteiger partial charge is 0.0579 e. The van der Waals surface area contributed by atoms with E-state index in [0.29, 0.717) is 6.04 Å². The second kappa shape index (κ2) is 5.12. The summed E-state index contributed by atoms with van der Waals surface area (Å²) in [6.07, 6.45) is 4.95. The molecule has 0 radical (unpaired) electrons. The topological polar surface area (TPSA) is 18.8 Å². The normalized spacial score (nSPS) is 16.5. The van der Waals surface area contributed by atoms with Crippen LogP contribution in [0.3, 0.4) is 0 Å². The van der Waals surface area contributed by atoms with Crippen LogP contribution in [0, 0.1) is 0 Å². The lowest BCUT2D eigenvalue weighted by Crippen LogP contribution is -2.27. The van der Waals surface area contributed by atoms with Crippen molar-refractivity contribution in [2.75, 3.05) is 20.6 Å². The summed E-state index contributed by atoms with van der Waals surface area (Å²) in [6.45, 7) is 9.31. The molecule has 0 aromatic rings. The Hall–Kier alpha value is -1.09. The molecule has 3 heteroatoms. The van der Waals surface area contributed by atoms with Gasteiger partial charge in [0.2, 0.25) is 0 Å². The van der Waals surface area contributed by atoms with Crippen molar-refractivity contribution >= 4 is 6.21 Å². The molecular formula is C12H21N3. The summed E-state index contributed by atoms with van der Waals surface area (Å²) in [5, 5.41) is 0. The molecule has 1 aliphatic rings. The van der Waals surface area contributed by atoms with E-state index < -0.39 is 0 Å². The Bertz CT molecular complexity index is 287. The molecule has 0 aliphatic carbocycles. The van der Waals surface area contributed by atoms with Crippen LogP contribution in [0.15, 0.2) is 29.2 Å². The molecule has 0 fully saturated rings. The molecular weight excluding hydrogens is 186 g/mol. The van der Waals surface area contributed by atoms with Crippen LogP contribution in [0.4, 0.5) is 0 Å². The van der Waals surface area contributed by atoms with Crippen LogP contribution < -0.4 is 0 Å². The third kappa shape index (κ3) is 3.51. The average Bonchev–Trinajstić information content (AvgIpc) is 2.16. The van der Waals surface area contributed by atoms with Gasteiger partial charge in [-0.25, -0.2) is 0 Å². The van der Waals surface area contributed by atoms with E-state index in [2.05, 4.69) is 55.5 Å². The van der Waals surface area contributed by atoms with Crippen molar-refractivity contribution in [3.63, 3.8) is 0 Å². The summed E-state index contributed by atoms with van der Waals surface area (Å²) in [5.41, 5.74) is 2.10. The first-order valence-electron chi connectivity index (χ1n) is 5.37. The van der Waals surface area contributed by atoms with Gasteiger partial charge in [-0.05, 0) is 27.9 Å². The predicted octanol–water partition coefficient (Wildman–Crippen LogP) is 2.09. The van der Waals surface area contributed by atoms with Crippen molar-refractivity contribution in [1.82, 2.24) is 9.80 Å². The lowest BCUT2D eigenvalue weighted by Gasteiger charge is -2.28. The number of allylic oxidation sites excluding steroid dienone is 1. The molecule has 0 bridgehead atoms. The van der Waals surface area contributed by atoms with Gasteiger partial charge in [-0.15, -0.1) is 0 Å². The van der Waals surface area contributed by atoms with E-state index in [1.807, 2.05) is 6.21 Å². The number of nitrogens with zero attached hydrogens (tertiary/aromatic N) is 3. The minimum absolute atomic E-state index is 0.443. The van der Waals surface area contributed by atoms with Crippen molar-refractivity contribution < 1.29 is 0 Å². The minimum Gasteiger partial charge on any atom is -0.343 e. The molecule has 1 heterocycles. The molecule has 0 N–H and O–H groups in total. The average molecular weight is 207 g/mol. The summed E-state index contributed by atoms with van der Waals surface area (Å²) < 4.78 is 0. The van der Waals surface area contributed by atoms with Gasteiger partial charge in [-0.1, -0.05) is 6.58 Å². The molecule has 0 amide bonds. The van der Waals surface area contributed by atoms with Crippen LogP contribution in [-0.2, 0) is 0 Å². The van der Waals surface area contributed by atoms with Gasteiger partial charge in [0.25, 0.3) is 0 Å². The van der Waals surface area contributed by atoms with E-state index in [4.69, 9.17) is 0 Å². The fourth-order valence-electron chi connectivity index (χ4n) is 1.45. The van der Waals surface area contributed by atoms with E-state index in [-0.39, 0.29) is 0 Å². The summed E-state index contributed by atoms with van der Waals surface area (Å²) in [5.74, 6) is 0. The highest BCUT2D eigenvalue weighted by molar-refractivity contribution is 5.79. The molecule has 0 aromatic heterocycles. The van der Waals surface area contributed by atoms with E-state index in [1.54, 1.807) is 0 Å². The molecule has 84 valence electrons. The van der Waals surface area contributed by atoms with Crippen molar-refractivity contribution in [3.05, 3.63) is 24.2 Å². The molecule has 1 rings (SSSR count). The third-order valence-corrected chi connectivity index (χ3v) is 2.37. The van der Waals surface area contributed by atoms with Crippen molar-refractivity contribution in [2.45, 2.75) is 26.3 Å². The Morgan fingerprint density at radius 3 is 2.67 bits per heavy atom. The van der Waals surface area contributed by atoms with Crippen molar-refractivity contribution in [2.24, 2.45) is 4.99 Å². The second-order valence-corrected chi connectivity index (χ2v) is 4.42. The summed E-state index contributed by atoms with van der Waals surface area (Å²) >= 11 is 0. The second-order valence-electron chi connectivity index (χ2n) is 4.42. The first-order valence-corrected chi connectivity index (χ1v) is 5.37. The van der Waals surface area contributed by atoms with Gasteiger partial charge >= 0.3 is 0 Å². The molecule has 0 spiro atoms. The van der Waals surface area contributed by atoms with Gasteiger partial charge < -0.3 is 9.80 Å². The quantitative estimate of drug-likeness (QED) is 0.703. The van der Waals surface area contributed by atoms with E-state index in [1.165, 1.54) is 0 Å². The first-order chi connectivity index (χ1) is 7.00. The lowest BCUT2D eigenvalue weighted by atomic mass is 10.2. The Kier molecular flexibility index (Phi) is 4.09. The number of aliphatic imine (C=N–C) groups is 1. The Balaban J connectivity index is 2.62. The highest BCUT2D eigenvalue weighted by Gasteiger charge is 2.12. The zero-order chi connectivity index (χ0) is 11.4. The molecule has 1 aliphatic heterocycles. The number of hydrogen-bond acceptors (Lipinski definition) is 3. The maximum absolute atomic E-state index is 4.38. The molecule has 15 heavy (non-hydrogen) atoms. The summed E-state index contributed by atoms with van der Waals surface area (Å²) in [6, 6.07) is 0.443. The lowest BCUT2D eigenvalue weighted by molar-refractivity contribution is 0.385. The molecule has 0 aromatic carbocycles. The van der Waals surface area contributed by atoms with Gasteiger partial charge in [-0.2, -0.15) is 0 Å². The van der Waals surface area contributed by atoms with Gasteiger partial charge in [0.05, 0.1) is 17.6 Å². The highest BCUT2D eigenvalue weighted by Crippen LogP contribution is 2.17. The number of hydrogen-bond donors (Lipinski definition) is 0. The fourth-order valence-corrected chi connectivity index (χ4v) is 1.45. The maximum Gasteiger partial charge on any atom is 0.0579 e. The van der Waals surface area contributed by atoms with E-state index in [9.17, 15) is 0 Å². The maximum atomic E-state index is 4.38. The predicted molar refractivity (Wildman–Crippen MR) is 65.9 cm³/mol. The zero-order valence-electron chi connectivity index (χ0n) is 10.2. The minimum atomic E-state index is 0.443. The zero-order valence-corrected chi connectivity index (χ0v) is 10.2. The van der Waals surface area contributed by atoms with Gasteiger partial charge in [0, 0.05) is 25.2 Å². The van der Waals surface area contributed by atoms with Crippen LogP contribution in [0.2, 0.25) is 0 Å². The summed E-state index contributed by atoms with van der Waals surface area (Å²) in [7, 11) is 4.15. The van der Waals surface area contributed by atoms with Crippen LogP contribution >= 0.6 is 0 Å². The van der Waals surface area contributed by atoms with Crippen LogP contribution in [0.1, 0.15) is 20.3 Å². The highest BCUT2D eigenvalue weighted by atomic mass is 15.2.